The number of rotatable bonds is 4. The SMILES string of the molecule is COc1cc(OC)c(OC)c(N(C)C(=O)N(C)C(=N)N)c1Cl. The maximum Gasteiger partial charge on any atom is 0.330 e. The summed E-state index contributed by atoms with van der Waals surface area (Å²) in [6, 6.07) is 0.987. The second-order valence-electron chi connectivity index (χ2n) is 4.26. The Labute approximate surface area is 133 Å². The van der Waals surface area contributed by atoms with E-state index in [0.29, 0.717) is 11.5 Å². The highest BCUT2D eigenvalue weighted by Crippen LogP contribution is 2.47. The normalized spacial score (nSPS) is 9.91. The van der Waals surface area contributed by atoms with E-state index >= 15 is 0 Å². The first-order valence-corrected chi connectivity index (χ1v) is 6.51. The highest BCUT2D eigenvalue weighted by molar-refractivity contribution is 6.36. The lowest BCUT2D eigenvalue weighted by Gasteiger charge is -2.27. The van der Waals surface area contributed by atoms with Crippen molar-refractivity contribution in [2.45, 2.75) is 0 Å². The average molecular weight is 331 g/mol. The number of methoxy groups -OCH3 is 3. The monoisotopic (exact) mass is 330 g/mol. The van der Waals surface area contributed by atoms with E-state index in [0.717, 1.165) is 4.90 Å². The van der Waals surface area contributed by atoms with Gasteiger partial charge in [-0.25, -0.2) is 4.79 Å². The third kappa shape index (κ3) is 3.11. The van der Waals surface area contributed by atoms with Crippen LogP contribution in [0, 0.1) is 5.41 Å². The van der Waals surface area contributed by atoms with Crippen molar-refractivity contribution in [3.8, 4) is 17.2 Å². The second kappa shape index (κ2) is 7.08. The van der Waals surface area contributed by atoms with Crippen LogP contribution in [-0.2, 0) is 0 Å². The molecular weight excluding hydrogens is 312 g/mol. The highest BCUT2D eigenvalue weighted by Gasteiger charge is 2.27. The van der Waals surface area contributed by atoms with Crippen LogP contribution in [-0.4, -0.2) is 52.3 Å². The molecule has 1 aromatic carbocycles. The largest absolute Gasteiger partial charge is 0.495 e. The maximum absolute atomic E-state index is 12.3. The van der Waals surface area contributed by atoms with Crippen molar-refractivity contribution in [1.82, 2.24) is 4.90 Å². The third-order valence-electron chi connectivity index (χ3n) is 3.04. The Kier molecular flexibility index (Phi) is 5.69. The van der Waals surface area contributed by atoms with Crippen LogP contribution < -0.4 is 24.8 Å². The molecular formula is C13H19ClN4O4. The van der Waals surface area contributed by atoms with Gasteiger partial charge in [-0.3, -0.25) is 15.2 Å². The van der Waals surface area contributed by atoms with Crippen molar-refractivity contribution in [3.63, 3.8) is 0 Å². The van der Waals surface area contributed by atoms with Crippen molar-refractivity contribution in [1.29, 1.82) is 5.41 Å². The number of nitrogens with zero attached hydrogens (tertiary/aromatic N) is 2. The molecule has 0 fully saturated rings. The molecule has 3 N–H and O–H groups in total. The van der Waals surface area contributed by atoms with Gasteiger partial charge < -0.3 is 19.9 Å². The predicted octanol–water partition coefficient (Wildman–Crippen LogP) is 1.75. The third-order valence-corrected chi connectivity index (χ3v) is 3.41. The molecule has 0 aliphatic heterocycles. The van der Waals surface area contributed by atoms with Gasteiger partial charge in [-0.15, -0.1) is 0 Å². The fraction of sp³-hybridized carbons (Fsp3) is 0.385. The van der Waals surface area contributed by atoms with Crippen LogP contribution in [0.5, 0.6) is 17.2 Å². The number of nitrogens with two attached hydrogens (primary N) is 1. The molecule has 0 bridgehead atoms. The zero-order valence-electron chi connectivity index (χ0n) is 13.1. The van der Waals surface area contributed by atoms with Crippen molar-refractivity contribution in [2.75, 3.05) is 40.3 Å². The predicted molar refractivity (Wildman–Crippen MR) is 84.6 cm³/mol. The molecule has 1 rings (SSSR count). The van der Waals surface area contributed by atoms with Crippen LogP contribution in [0.4, 0.5) is 10.5 Å². The Morgan fingerprint density at radius 3 is 2.14 bits per heavy atom. The summed E-state index contributed by atoms with van der Waals surface area (Å²) in [5, 5.41) is 7.51. The summed E-state index contributed by atoms with van der Waals surface area (Å²) in [7, 11) is 7.18. The summed E-state index contributed by atoms with van der Waals surface area (Å²) in [5.41, 5.74) is 5.57. The van der Waals surface area contributed by atoms with E-state index in [-0.39, 0.29) is 16.5 Å². The molecule has 0 heterocycles. The zero-order chi connectivity index (χ0) is 17.0. The summed E-state index contributed by atoms with van der Waals surface area (Å²) >= 11 is 6.29. The van der Waals surface area contributed by atoms with Crippen molar-refractivity contribution < 1.29 is 19.0 Å². The maximum atomic E-state index is 12.3. The molecule has 22 heavy (non-hydrogen) atoms. The lowest BCUT2D eigenvalue weighted by molar-refractivity contribution is 0.233. The van der Waals surface area contributed by atoms with E-state index < -0.39 is 12.0 Å². The molecule has 0 unspecified atom stereocenters. The summed E-state index contributed by atoms with van der Waals surface area (Å²) in [6.07, 6.45) is 0. The summed E-state index contributed by atoms with van der Waals surface area (Å²) in [4.78, 5) is 14.5. The van der Waals surface area contributed by atoms with Crippen LogP contribution in [0.25, 0.3) is 0 Å². The van der Waals surface area contributed by atoms with Gasteiger partial charge in [0.25, 0.3) is 0 Å². The molecule has 9 heteroatoms. The van der Waals surface area contributed by atoms with Gasteiger partial charge in [-0.2, -0.15) is 0 Å². The lowest BCUT2D eigenvalue weighted by Crippen LogP contribution is -2.45. The van der Waals surface area contributed by atoms with E-state index in [1.807, 2.05) is 0 Å². The van der Waals surface area contributed by atoms with E-state index in [4.69, 9.17) is 37.0 Å². The molecule has 8 nitrogen and oxygen atoms in total. The quantitative estimate of drug-likeness (QED) is 0.647. The number of urea groups is 1. The second-order valence-corrected chi connectivity index (χ2v) is 4.64. The van der Waals surface area contributed by atoms with Crippen molar-refractivity contribution in [3.05, 3.63) is 11.1 Å². The zero-order valence-corrected chi connectivity index (χ0v) is 13.8. The molecule has 0 atom stereocenters. The average Bonchev–Trinajstić information content (AvgIpc) is 2.51. The molecule has 1 aromatic rings. The minimum absolute atomic E-state index is 0.174. The van der Waals surface area contributed by atoms with Gasteiger partial charge in [0.2, 0.25) is 0 Å². The fourth-order valence-corrected chi connectivity index (χ4v) is 2.15. The topological polar surface area (TPSA) is 101 Å². The minimum atomic E-state index is -0.567. The Hall–Kier alpha value is -2.35. The van der Waals surface area contributed by atoms with Crippen molar-refractivity contribution in [2.24, 2.45) is 5.73 Å². The van der Waals surface area contributed by atoms with Crippen molar-refractivity contribution >= 4 is 29.3 Å². The van der Waals surface area contributed by atoms with Gasteiger partial charge in [-0.05, 0) is 0 Å². The van der Waals surface area contributed by atoms with Gasteiger partial charge >= 0.3 is 6.03 Å². The van der Waals surface area contributed by atoms with E-state index in [2.05, 4.69) is 0 Å². The summed E-state index contributed by atoms with van der Waals surface area (Å²) in [6.45, 7) is 0. The first kappa shape index (κ1) is 17.7. The molecule has 0 radical (unpaired) electrons. The number of hydrogen-bond acceptors (Lipinski definition) is 5. The Morgan fingerprint density at radius 1 is 1.18 bits per heavy atom. The number of guanidine groups is 1. The molecule has 0 saturated heterocycles. The lowest BCUT2D eigenvalue weighted by atomic mass is 10.2. The number of hydrogen-bond donors (Lipinski definition) is 2. The number of amides is 2. The Morgan fingerprint density at radius 2 is 1.73 bits per heavy atom. The van der Waals surface area contributed by atoms with Gasteiger partial charge in [-0.1, -0.05) is 11.6 Å². The minimum Gasteiger partial charge on any atom is -0.495 e. The summed E-state index contributed by atoms with van der Waals surface area (Å²) in [5.74, 6) is 0.534. The first-order chi connectivity index (χ1) is 10.3. The van der Waals surface area contributed by atoms with Gasteiger partial charge in [0, 0.05) is 20.2 Å². The standard InChI is InChI=1S/C13H19ClN4O4/c1-17(13(19)18(2)12(15)16)10-9(14)7(20-3)6-8(21-4)11(10)22-5/h6H,1-5H3,(H3,15,16). The number of carbonyl (C=O) groups is 1. The number of benzene rings is 1. The molecule has 0 aliphatic carbocycles. The van der Waals surface area contributed by atoms with Gasteiger partial charge in [0.05, 0.1) is 21.3 Å². The molecule has 0 spiro atoms. The first-order valence-electron chi connectivity index (χ1n) is 6.14. The fourth-order valence-electron chi connectivity index (χ4n) is 1.80. The Balaban J connectivity index is 3.49. The van der Waals surface area contributed by atoms with Gasteiger partial charge in [0.1, 0.15) is 16.5 Å². The molecule has 0 saturated carbocycles. The number of anilines is 1. The number of nitrogens with one attached hydrogen (secondary N) is 1. The van der Waals surface area contributed by atoms with E-state index in [9.17, 15) is 4.79 Å². The smallest absolute Gasteiger partial charge is 0.330 e. The van der Waals surface area contributed by atoms with Crippen LogP contribution in [0.2, 0.25) is 5.02 Å². The van der Waals surface area contributed by atoms with Crippen LogP contribution >= 0.6 is 11.6 Å². The number of halogens is 1. The van der Waals surface area contributed by atoms with Crippen LogP contribution in [0.3, 0.4) is 0 Å². The van der Waals surface area contributed by atoms with Gasteiger partial charge in [0.15, 0.2) is 17.5 Å². The molecule has 0 aliphatic rings. The number of carbonyl (C=O) groups excluding carboxylic acids is 1. The Bertz CT molecular complexity index is 594. The highest BCUT2D eigenvalue weighted by atomic mass is 35.5. The van der Waals surface area contributed by atoms with E-state index in [1.165, 1.54) is 40.3 Å². The van der Waals surface area contributed by atoms with Crippen LogP contribution in [0.1, 0.15) is 0 Å². The molecule has 2 amide bonds. The molecule has 0 aromatic heterocycles. The van der Waals surface area contributed by atoms with E-state index in [1.54, 1.807) is 6.07 Å². The van der Waals surface area contributed by atoms with Crippen LogP contribution in [0.15, 0.2) is 6.07 Å². The number of ether oxygens (including phenoxy) is 3. The summed E-state index contributed by atoms with van der Waals surface area (Å²) < 4.78 is 15.7. The molecule has 122 valence electrons.